The van der Waals surface area contributed by atoms with Crippen LogP contribution in [-0.2, 0) is 0 Å². The van der Waals surface area contributed by atoms with E-state index in [-0.39, 0.29) is 0 Å². The lowest BCUT2D eigenvalue weighted by Crippen LogP contribution is -2.14. The average molecular weight is 240 g/mol. The summed E-state index contributed by atoms with van der Waals surface area (Å²) >= 11 is 0. The minimum Gasteiger partial charge on any atom is -0.0654 e. The summed E-state index contributed by atoms with van der Waals surface area (Å²) < 4.78 is 0. The molecule has 0 aliphatic heterocycles. The van der Waals surface area contributed by atoms with Crippen LogP contribution in [0.15, 0.2) is 0 Å². The van der Waals surface area contributed by atoms with E-state index >= 15 is 0 Å². The largest absolute Gasteiger partial charge is 0.0654 e. The quantitative estimate of drug-likeness (QED) is 0.357. The molecule has 0 rings (SSSR count). The van der Waals surface area contributed by atoms with E-state index in [9.17, 15) is 0 Å². The number of unbranched alkanes of at least 4 members (excludes halogenated alkanes) is 7. The Hall–Kier alpha value is 0. The van der Waals surface area contributed by atoms with E-state index in [1.807, 2.05) is 0 Å². The highest BCUT2D eigenvalue weighted by Crippen LogP contribution is 2.31. The highest BCUT2D eigenvalue weighted by molar-refractivity contribution is 4.70. The first kappa shape index (κ1) is 17.0. The second-order valence-electron chi connectivity index (χ2n) is 6.99. The molecule has 0 saturated carbocycles. The van der Waals surface area contributed by atoms with Crippen molar-refractivity contribution < 1.29 is 0 Å². The Morgan fingerprint density at radius 1 is 0.765 bits per heavy atom. The molecular formula is C17H36. The standard InChI is InChI=1S/C17H36/c1-6-7-8-9-10-11-12-13-14-17(4,5)15-16(2)3/h16H,6-15H2,1-5H3. The fraction of sp³-hybridized carbons (Fsp3) is 1.00. The van der Waals surface area contributed by atoms with Gasteiger partial charge in [-0.05, 0) is 24.2 Å². The van der Waals surface area contributed by atoms with Crippen molar-refractivity contribution in [3.05, 3.63) is 0 Å². The molecule has 0 radical (unpaired) electrons. The minimum absolute atomic E-state index is 0.566. The van der Waals surface area contributed by atoms with Gasteiger partial charge in [-0.15, -0.1) is 0 Å². The first-order valence-electron chi connectivity index (χ1n) is 7.98. The molecule has 0 fully saturated rings. The molecule has 0 nitrogen and oxygen atoms in total. The van der Waals surface area contributed by atoms with Crippen LogP contribution in [0.1, 0.15) is 98.8 Å². The second-order valence-corrected chi connectivity index (χ2v) is 6.99. The third kappa shape index (κ3) is 12.2. The third-order valence-electron chi connectivity index (χ3n) is 3.67. The van der Waals surface area contributed by atoms with E-state index in [0.29, 0.717) is 5.41 Å². The van der Waals surface area contributed by atoms with Gasteiger partial charge in [0, 0.05) is 0 Å². The number of rotatable bonds is 11. The third-order valence-corrected chi connectivity index (χ3v) is 3.67. The van der Waals surface area contributed by atoms with Crippen LogP contribution in [0.5, 0.6) is 0 Å². The van der Waals surface area contributed by atoms with Gasteiger partial charge in [0.1, 0.15) is 0 Å². The Morgan fingerprint density at radius 2 is 1.24 bits per heavy atom. The first-order chi connectivity index (χ1) is 7.98. The van der Waals surface area contributed by atoms with Crippen LogP contribution in [0.2, 0.25) is 0 Å². The highest BCUT2D eigenvalue weighted by Gasteiger charge is 2.18. The van der Waals surface area contributed by atoms with Crippen molar-refractivity contribution in [3.8, 4) is 0 Å². The number of hydrogen-bond acceptors (Lipinski definition) is 0. The van der Waals surface area contributed by atoms with E-state index in [4.69, 9.17) is 0 Å². The van der Waals surface area contributed by atoms with E-state index in [2.05, 4.69) is 34.6 Å². The lowest BCUT2D eigenvalue weighted by Gasteiger charge is -2.26. The van der Waals surface area contributed by atoms with Gasteiger partial charge < -0.3 is 0 Å². The minimum atomic E-state index is 0.566. The number of hydrogen-bond donors (Lipinski definition) is 0. The van der Waals surface area contributed by atoms with Gasteiger partial charge in [0.25, 0.3) is 0 Å². The van der Waals surface area contributed by atoms with E-state index in [1.165, 1.54) is 64.2 Å². The molecular weight excluding hydrogens is 204 g/mol. The average Bonchev–Trinajstić information content (AvgIpc) is 2.20. The smallest absolute Gasteiger partial charge is 0.0352 e. The molecule has 0 amide bonds. The fourth-order valence-electron chi connectivity index (χ4n) is 2.94. The molecule has 0 N–H and O–H groups in total. The van der Waals surface area contributed by atoms with Gasteiger partial charge in [-0.1, -0.05) is 86.0 Å². The summed E-state index contributed by atoms with van der Waals surface area (Å²) in [4.78, 5) is 0. The Balaban J connectivity index is 3.32. The zero-order chi connectivity index (χ0) is 13.1. The van der Waals surface area contributed by atoms with E-state index in [1.54, 1.807) is 0 Å². The Labute approximate surface area is 111 Å². The lowest BCUT2D eigenvalue weighted by atomic mass is 9.79. The molecule has 17 heavy (non-hydrogen) atoms. The van der Waals surface area contributed by atoms with Crippen LogP contribution in [0.25, 0.3) is 0 Å². The van der Waals surface area contributed by atoms with Crippen molar-refractivity contribution in [2.75, 3.05) is 0 Å². The van der Waals surface area contributed by atoms with Crippen LogP contribution < -0.4 is 0 Å². The summed E-state index contributed by atoms with van der Waals surface area (Å²) in [6, 6.07) is 0. The zero-order valence-corrected chi connectivity index (χ0v) is 13.1. The van der Waals surface area contributed by atoms with Crippen molar-refractivity contribution in [2.24, 2.45) is 11.3 Å². The summed E-state index contributed by atoms with van der Waals surface area (Å²) in [5.74, 6) is 0.846. The Bertz CT molecular complexity index is 155. The molecule has 0 bridgehead atoms. The van der Waals surface area contributed by atoms with Crippen molar-refractivity contribution in [3.63, 3.8) is 0 Å². The Kier molecular flexibility index (Phi) is 9.97. The van der Waals surface area contributed by atoms with Crippen LogP contribution in [-0.4, -0.2) is 0 Å². The zero-order valence-electron chi connectivity index (χ0n) is 13.1. The monoisotopic (exact) mass is 240 g/mol. The molecule has 0 unspecified atom stereocenters. The van der Waals surface area contributed by atoms with Gasteiger partial charge in [0.15, 0.2) is 0 Å². The molecule has 0 atom stereocenters. The van der Waals surface area contributed by atoms with Gasteiger partial charge >= 0.3 is 0 Å². The highest BCUT2D eigenvalue weighted by atomic mass is 14.2. The van der Waals surface area contributed by atoms with Gasteiger partial charge in [0.05, 0.1) is 0 Å². The van der Waals surface area contributed by atoms with E-state index < -0.39 is 0 Å². The van der Waals surface area contributed by atoms with Gasteiger partial charge in [0.2, 0.25) is 0 Å². The normalized spacial score (nSPS) is 12.4. The summed E-state index contributed by atoms with van der Waals surface area (Å²) in [5, 5.41) is 0. The maximum Gasteiger partial charge on any atom is -0.0352 e. The SMILES string of the molecule is CCCCCCCCCCC(C)(C)CC(C)C. The predicted octanol–water partition coefficient (Wildman–Crippen LogP) is 6.59. The van der Waals surface area contributed by atoms with Gasteiger partial charge in [-0.3, -0.25) is 0 Å². The van der Waals surface area contributed by atoms with Crippen LogP contribution >= 0.6 is 0 Å². The molecule has 0 aromatic rings. The second kappa shape index (κ2) is 9.97. The molecule has 0 aliphatic rings. The van der Waals surface area contributed by atoms with Crippen LogP contribution in [0, 0.1) is 11.3 Å². The summed E-state index contributed by atoms with van der Waals surface area (Å²) in [6.45, 7) is 11.9. The topological polar surface area (TPSA) is 0 Å². The summed E-state index contributed by atoms with van der Waals surface area (Å²) in [5.41, 5.74) is 0.566. The van der Waals surface area contributed by atoms with Crippen molar-refractivity contribution >= 4 is 0 Å². The molecule has 0 aromatic heterocycles. The molecule has 0 aliphatic carbocycles. The predicted molar refractivity (Wildman–Crippen MR) is 80.5 cm³/mol. The lowest BCUT2D eigenvalue weighted by molar-refractivity contribution is 0.256. The maximum atomic E-state index is 2.44. The fourth-order valence-corrected chi connectivity index (χ4v) is 2.94. The van der Waals surface area contributed by atoms with Gasteiger partial charge in [-0.2, -0.15) is 0 Å². The molecule has 0 saturated heterocycles. The van der Waals surface area contributed by atoms with Crippen LogP contribution in [0.3, 0.4) is 0 Å². The summed E-state index contributed by atoms with van der Waals surface area (Å²) in [7, 11) is 0. The molecule has 0 heteroatoms. The maximum absolute atomic E-state index is 2.44. The first-order valence-corrected chi connectivity index (χ1v) is 7.98. The molecule has 0 heterocycles. The van der Waals surface area contributed by atoms with Crippen molar-refractivity contribution in [1.29, 1.82) is 0 Å². The van der Waals surface area contributed by atoms with Crippen LogP contribution in [0.4, 0.5) is 0 Å². The van der Waals surface area contributed by atoms with Gasteiger partial charge in [-0.25, -0.2) is 0 Å². The van der Waals surface area contributed by atoms with Crippen molar-refractivity contribution in [1.82, 2.24) is 0 Å². The summed E-state index contributed by atoms with van der Waals surface area (Å²) in [6.07, 6.45) is 14.3. The molecule has 104 valence electrons. The van der Waals surface area contributed by atoms with E-state index in [0.717, 1.165) is 5.92 Å². The molecule has 0 spiro atoms. The van der Waals surface area contributed by atoms with Crippen molar-refractivity contribution in [2.45, 2.75) is 98.8 Å². The Morgan fingerprint density at radius 3 is 1.71 bits per heavy atom. The molecule has 0 aromatic carbocycles.